The first-order valence-electron chi connectivity index (χ1n) is 11.5. The van der Waals surface area contributed by atoms with E-state index in [4.69, 9.17) is 9.47 Å². The van der Waals surface area contributed by atoms with Gasteiger partial charge in [0.1, 0.15) is 0 Å². The first kappa shape index (κ1) is 22.9. The minimum absolute atomic E-state index is 0.00257. The lowest BCUT2D eigenvalue weighted by Gasteiger charge is -2.39. The summed E-state index contributed by atoms with van der Waals surface area (Å²) >= 11 is 0. The zero-order chi connectivity index (χ0) is 23.2. The van der Waals surface area contributed by atoms with Gasteiger partial charge in [0.15, 0.2) is 18.1 Å². The fourth-order valence-corrected chi connectivity index (χ4v) is 4.31. The second-order valence-corrected chi connectivity index (χ2v) is 8.58. The predicted octanol–water partition coefficient (Wildman–Crippen LogP) is 4.62. The molecule has 0 bridgehead atoms. The minimum atomic E-state index is 0.00257. The number of benzene rings is 3. The molecule has 172 valence electrons. The molecule has 1 saturated heterocycles. The number of hydrogen-bond acceptors (Lipinski definition) is 4. The third kappa shape index (κ3) is 5.55. The van der Waals surface area contributed by atoms with Gasteiger partial charge < -0.3 is 14.4 Å². The van der Waals surface area contributed by atoms with Gasteiger partial charge in [-0.15, -0.1) is 0 Å². The van der Waals surface area contributed by atoms with Crippen molar-refractivity contribution in [3.8, 4) is 11.5 Å². The number of para-hydroxylation sites is 2. The van der Waals surface area contributed by atoms with E-state index in [9.17, 15) is 4.79 Å². The molecular formula is C28H32N2O3. The standard InChI is InChI=1S/C28H32N2O3/c1-21-8-12-23(13-9-21)28(24-14-10-22(2)11-15-24)30-18-16-29(17-19-30)27(31)20-33-26-7-5-4-6-25(26)32-3/h4-15,28H,16-20H2,1-3H3. The van der Waals surface area contributed by atoms with Gasteiger partial charge in [0.2, 0.25) is 0 Å². The van der Waals surface area contributed by atoms with Crippen LogP contribution in [0.25, 0.3) is 0 Å². The van der Waals surface area contributed by atoms with E-state index in [-0.39, 0.29) is 18.6 Å². The monoisotopic (exact) mass is 444 g/mol. The molecule has 5 nitrogen and oxygen atoms in total. The summed E-state index contributed by atoms with van der Waals surface area (Å²) in [7, 11) is 1.60. The van der Waals surface area contributed by atoms with Crippen molar-refractivity contribution < 1.29 is 14.3 Å². The fourth-order valence-electron chi connectivity index (χ4n) is 4.31. The summed E-state index contributed by atoms with van der Waals surface area (Å²) in [6.45, 7) is 7.23. The van der Waals surface area contributed by atoms with Crippen molar-refractivity contribution in [3.05, 3.63) is 95.1 Å². The molecule has 0 radical (unpaired) electrons. The van der Waals surface area contributed by atoms with Gasteiger partial charge >= 0.3 is 0 Å². The highest BCUT2D eigenvalue weighted by molar-refractivity contribution is 5.78. The highest BCUT2D eigenvalue weighted by Gasteiger charge is 2.28. The number of aryl methyl sites for hydroxylation is 2. The molecule has 1 heterocycles. The summed E-state index contributed by atoms with van der Waals surface area (Å²) < 4.78 is 11.1. The molecule has 1 aliphatic heterocycles. The summed E-state index contributed by atoms with van der Waals surface area (Å²) in [6.07, 6.45) is 0. The van der Waals surface area contributed by atoms with Crippen molar-refractivity contribution >= 4 is 5.91 Å². The molecule has 0 atom stereocenters. The second-order valence-electron chi connectivity index (χ2n) is 8.58. The van der Waals surface area contributed by atoms with E-state index in [1.165, 1.54) is 22.3 Å². The van der Waals surface area contributed by atoms with Crippen molar-refractivity contribution in [2.75, 3.05) is 39.9 Å². The topological polar surface area (TPSA) is 42.0 Å². The smallest absolute Gasteiger partial charge is 0.260 e. The number of nitrogens with zero attached hydrogens (tertiary/aromatic N) is 2. The van der Waals surface area contributed by atoms with Crippen LogP contribution in [0.4, 0.5) is 0 Å². The van der Waals surface area contributed by atoms with Crippen LogP contribution in [-0.4, -0.2) is 55.6 Å². The molecule has 1 amide bonds. The number of carbonyl (C=O) groups excluding carboxylic acids is 1. The quantitative estimate of drug-likeness (QED) is 0.533. The van der Waals surface area contributed by atoms with E-state index < -0.39 is 0 Å². The average Bonchev–Trinajstić information content (AvgIpc) is 2.85. The third-order valence-corrected chi connectivity index (χ3v) is 6.24. The van der Waals surface area contributed by atoms with Crippen LogP contribution in [0, 0.1) is 13.8 Å². The molecule has 3 aromatic rings. The van der Waals surface area contributed by atoms with Gasteiger partial charge in [-0.3, -0.25) is 9.69 Å². The molecule has 4 rings (SSSR count). The summed E-state index contributed by atoms with van der Waals surface area (Å²) in [5.74, 6) is 1.22. The largest absolute Gasteiger partial charge is 0.493 e. The lowest BCUT2D eigenvalue weighted by atomic mass is 9.95. The number of piperazine rings is 1. The van der Waals surface area contributed by atoms with Gasteiger partial charge in [-0.05, 0) is 37.1 Å². The van der Waals surface area contributed by atoms with Crippen molar-refractivity contribution in [3.63, 3.8) is 0 Å². The fraction of sp³-hybridized carbons (Fsp3) is 0.321. The highest BCUT2D eigenvalue weighted by atomic mass is 16.5. The molecule has 0 spiro atoms. The predicted molar refractivity (Wildman–Crippen MR) is 131 cm³/mol. The van der Waals surface area contributed by atoms with E-state index in [0.29, 0.717) is 24.6 Å². The van der Waals surface area contributed by atoms with Crippen LogP contribution in [0.2, 0.25) is 0 Å². The first-order valence-corrected chi connectivity index (χ1v) is 11.5. The molecule has 3 aromatic carbocycles. The Balaban J connectivity index is 1.42. The molecule has 0 unspecified atom stereocenters. The molecule has 5 heteroatoms. The maximum absolute atomic E-state index is 12.8. The third-order valence-electron chi connectivity index (χ3n) is 6.24. The van der Waals surface area contributed by atoms with E-state index >= 15 is 0 Å². The van der Waals surface area contributed by atoms with Crippen LogP contribution in [0.5, 0.6) is 11.5 Å². The maximum Gasteiger partial charge on any atom is 0.260 e. The Morgan fingerprint density at radius 2 is 1.30 bits per heavy atom. The Morgan fingerprint density at radius 1 is 0.788 bits per heavy atom. The van der Waals surface area contributed by atoms with Crippen LogP contribution in [-0.2, 0) is 4.79 Å². The van der Waals surface area contributed by atoms with Gasteiger partial charge in [-0.2, -0.15) is 0 Å². The van der Waals surface area contributed by atoms with Crippen molar-refractivity contribution in [1.29, 1.82) is 0 Å². The highest BCUT2D eigenvalue weighted by Crippen LogP contribution is 2.30. The van der Waals surface area contributed by atoms with Crippen LogP contribution in [0.15, 0.2) is 72.8 Å². The molecule has 0 aliphatic carbocycles. The number of ether oxygens (including phenoxy) is 2. The van der Waals surface area contributed by atoms with E-state index in [1.807, 2.05) is 29.2 Å². The summed E-state index contributed by atoms with van der Waals surface area (Å²) in [4.78, 5) is 17.2. The first-order chi connectivity index (χ1) is 16.0. The Hall–Kier alpha value is -3.31. The van der Waals surface area contributed by atoms with Crippen LogP contribution in [0.3, 0.4) is 0 Å². The van der Waals surface area contributed by atoms with E-state index in [0.717, 1.165) is 13.1 Å². The van der Waals surface area contributed by atoms with E-state index in [2.05, 4.69) is 67.3 Å². The maximum atomic E-state index is 12.8. The van der Waals surface area contributed by atoms with Crippen LogP contribution >= 0.6 is 0 Å². The number of hydrogen-bond donors (Lipinski definition) is 0. The zero-order valence-electron chi connectivity index (χ0n) is 19.7. The van der Waals surface area contributed by atoms with Crippen molar-refractivity contribution in [2.45, 2.75) is 19.9 Å². The number of rotatable bonds is 7. The Labute approximate surface area is 196 Å². The minimum Gasteiger partial charge on any atom is -0.493 e. The summed E-state index contributed by atoms with van der Waals surface area (Å²) in [6, 6.07) is 25.1. The molecule has 0 saturated carbocycles. The molecule has 0 N–H and O–H groups in total. The van der Waals surface area contributed by atoms with Gasteiger partial charge in [-0.1, -0.05) is 71.8 Å². The summed E-state index contributed by atoms with van der Waals surface area (Å²) in [5, 5.41) is 0. The lowest BCUT2D eigenvalue weighted by Crippen LogP contribution is -2.51. The number of methoxy groups -OCH3 is 1. The SMILES string of the molecule is COc1ccccc1OCC(=O)N1CCN(C(c2ccc(C)cc2)c2ccc(C)cc2)CC1. The van der Waals surface area contributed by atoms with Gasteiger partial charge in [0.25, 0.3) is 5.91 Å². The van der Waals surface area contributed by atoms with Crippen molar-refractivity contribution in [1.82, 2.24) is 9.80 Å². The Morgan fingerprint density at radius 3 is 1.82 bits per heavy atom. The molecule has 1 aliphatic rings. The van der Waals surface area contributed by atoms with Gasteiger partial charge in [0, 0.05) is 26.2 Å². The molecule has 0 aromatic heterocycles. The van der Waals surface area contributed by atoms with Crippen LogP contribution < -0.4 is 9.47 Å². The average molecular weight is 445 g/mol. The van der Waals surface area contributed by atoms with Gasteiger partial charge in [-0.25, -0.2) is 0 Å². The lowest BCUT2D eigenvalue weighted by molar-refractivity contribution is -0.135. The normalized spacial score (nSPS) is 14.4. The summed E-state index contributed by atoms with van der Waals surface area (Å²) in [5.41, 5.74) is 5.08. The second kappa shape index (κ2) is 10.5. The van der Waals surface area contributed by atoms with Crippen molar-refractivity contribution in [2.24, 2.45) is 0 Å². The number of carbonyl (C=O) groups is 1. The Kier molecular flexibility index (Phi) is 7.30. The Bertz CT molecular complexity index is 1010. The van der Waals surface area contributed by atoms with E-state index in [1.54, 1.807) is 7.11 Å². The molecular weight excluding hydrogens is 412 g/mol. The molecule has 1 fully saturated rings. The van der Waals surface area contributed by atoms with Gasteiger partial charge in [0.05, 0.1) is 13.2 Å². The molecule has 33 heavy (non-hydrogen) atoms. The number of amides is 1. The zero-order valence-corrected chi connectivity index (χ0v) is 19.7. The van der Waals surface area contributed by atoms with Crippen LogP contribution in [0.1, 0.15) is 28.3 Å².